The number of thiocarbonyl (C=S) groups is 1. The Hall–Kier alpha value is -2.90. The highest BCUT2D eigenvalue weighted by Gasteiger charge is 2.35. The van der Waals surface area contributed by atoms with Gasteiger partial charge in [-0.2, -0.15) is 0 Å². The van der Waals surface area contributed by atoms with Gasteiger partial charge in [-0.3, -0.25) is 19.8 Å². The molecule has 0 atom stereocenters. The molecule has 0 saturated carbocycles. The summed E-state index contributed by atoms with van der Waals surface area (Å²) >= 11 is 11.5. The third kappa shape index (κ3) is 4.17. The van der Waals surface area contributed by atoms with Crippen molar-refractivity contribution in [1.29, 1.82) is 0 Å². The summed E-state index contributed by atoms with van der Waals surface area (Å²) in [5.41, 5.74) is 1.96. The van der Waals surface area contributed by atoms with Crippen molar-refractivity contribution in [3.8, 4) is 5.75 Å². The molecule has 0 spiro atoms. The van der Waals surface area contributed by atoms with Crippen molar-refractivity contribution in [2.45, 2.75) is 13.8 Å². The number of carbonyl (C=O) groups is 2. The molecule has 1 fully saturated rings. The molecule has 30 heavy (non-hydrogen) atoms. The quantitative estimate of drug-likeness (QED) is 0.415. The smallest absolute Gasteiger partial charge is 0.270 e. The van der Waals surface area contributed by atoms with Crippen LogP contribution in [0, 0.1) is 0 Å². The van der Waals surface area contributed by atoms with E-state index in [1.54, 1.807) is 31.4 Å². The van der Waals surface area contributed by atoms with Crippen molar-refractivity contribution >= 4 is 58.2 Å². The van der Waals surface area contributed by atoms with Crippen molar-refractivity contribution in [2.24, 2.45) is 0 Å². The third-order valence-corrected chi connectivity index (χ3v) is 5.44. The summed E-state index contributed by atoms with van der Waals surface area (Å²) in [5, 5.41) is 2.90. The van der Waals surface area contributed by atoms with Crippen LogP contribution in [0.2, 0.25) is 5.02 Å². The number of halogens is 1. The highest BCUT2D eigenvalue weighted by molar-refractivity contribution is 7.80. The summed E-state index contributed by atoms with van der Waals surface area (Å²) in [6.45, 7) is 5.85. The average molecular weight is 444 g/mol. The van der Waals surface area contributed by atoms with Crippen LogP contribution < -0.4 is 19.9 Å². The van der Waals surface area contributed by atoms with Gasteiger partial charge in [0.1, 0.15) is 11.3 Å². The zero-order valence-corrected chi connectivity index (χ0v) is 18.5. The molecule has 0 aromatic heterocycles. The molecule has 0 bridgehead atoms. The molecule has 1 heterocycles. The predicted molar refractivity (Wildman–Crippen MR) is 124 cm³/mol. The van der Waals surface area contributed by atoms with Crippen LogP contribution in [-0.2, 0) is 9.59 Å². The van der Waals surface area contributed by atoms with Gasteiger partial charge in [0.15, 0.2) is 5.11 Å². The number of benzene rings is 2. The largest absolute Gasteiger partial charge is 0.496 e. The molecule has 1 aliphatic rings. The fourth-order valence-corrected chi connectivity index (χ4v) is 3.76. The number of ether oxygens (including phenoxy) is 1. The van der Waals surface area contributed by atoms with E-state index in [4.69, 9.17) is 28.6 Å². The Balaban J connectivity index is 2.03. The van der Waals surface area contributed by atoms with Gasteiger partial charge in [-0.15, -0.1) is 0 Å². The van der Waals surface area contributed by atoms with Gasteiger partial charge in [0.2, 0.25) is 0 Å². The maximum atomic E-state index is 13.2. The van der Waals surface area contributed by atoms with Gasteiger partial charge in [0, 0.05) is 30.4 Å². The van der Waals surface area contributed by atoms with Crippen molar-refractivity contribution in [2.75, 3.05) is 30.0 Å². The first-order valence-electron chi connectivity index (χ1n) is 9.50. The zero-order chi connectivity index (χ0) is 21.8. The molecule has 6 nitrogen and oxygen atoms in total. The van der Waals surface area contributed by atoms with Gasteiger partial charge >= 0.3 is 0 Å². The Bertz CT molecular complexity index is 1030. The Morgan fingerprint density at radius 3 is 2.50 bits per heavy atom. The fraction of sp³-hybridized carbons (Fsp3) is 0.227. The number of hydrogen-bond acceptors (Lipinski definition) is 5. The van der Waals surface area contributed by atoms with Crippen LogP contribution in [0.4, 0.5) is 11.4 Å². The van der Waals surface area contributed by atoms with Crippen LogP contribution in [0.25, 0.3) is 6.08 Å². The first kappa shape index (κ1) is 21.8. The van der Waals surface area contributed by atoms with Crippen LogP contribution in [0.3, 0.4) is 0 Å². The molecular weight excluding hydrogens is 422 g/mol. The highest BCUT2D eigenvalue weighted by Crippen LogP contribution is 2.31. The van der Waals surface area contributed by atoms with Crippen LogP contribution in [0.1, 0.15) is 19.4 Å². The number of para-hydroxylation sites is 1. The van der Waals surface area contributed by atoms with Crippen molar-refractivity contribution < 1.29 is 14.3 Å². The minimum absolute atomic E-state index is 0.0147. The minimum atomic E-state index is -0.567. The van der Waals surface area contributed by atoms with Crippen molar-refractivity contribution in [3.05, 3.63) is 58.6 Å². The molecule has 0 radical (unpaired) electrons. The number of rotatable bonds is 6. The maximum absolute atomic E-state index is 13.2. The van der Waals surface area contributed by atoms with Gasteiger partial charge in [-0.05, 0) is 56.4 Å². The first-order chi connectivity index (χ1) is 14.4. The van der Waals surface area contributed by atoms with Gasteiger partial charge in [0.25, 0.3) is 11.8 Å². The molecule has 2 aromatic rings. The number of nitrogens with zero attached hydrogens (tertiary/aromatic N) is 2. The topological polar surface area (TPSA) is 61.9 Å². The molecular formula is C22H22ClN3O3S. The summed E-state index contributed by atoms with van der Waals surface area (Å²) in [7, 11) is 1.55. The van der Waals surface area contributed by atoms with Crippen LogP contribution in [0.5, 0.6) is 5.75 Å². The molecule has 156 valence electrons. The van der Waals surface area contributed by atoms with E-state index in [0.29, 0.717) is 22.0 Å². The Kier molecular flexibility index (Phi) is 6.74. The summed E-state index contributed by atoms with van der Waals surface area (Å²) in [4.78, 5) is 29.1. The first-order valence-corrected chi connectivity index (χ1v) is 10.3. The molecule has 1 aliphatic heterocycles. The van der Waals surface area contributed by atoms with E-state index in [1.165, 1.54) is 11.0 Å². The number of methoxy groups -OCH3 is 1. The van der Waals surface area contributed by atoms with E-state index >= 15 is 0 Å². The number of nitrogens with one attached hydrogen (secondary N) is 1. The summed E-state index contributed by atoms with van der Waals surface area (Å²) in [6, 6.07) is 12.5. The fourth-order valence-electron chi connectivity index (χ4n) is 3.27. The molecule has 3 rings (SSSR count). The lowest BCUT2D eigenvalue weighted by Gasteiger charge is -2.29. The lowest BCUT2D eigenvalue weighted by Crippen LogP contribution is -2.54. The molecule has 1 N–H and O–H groups in total. The molecule has 2 aromatic carbocycles. The van der Waals surface area contributed by atoms with E-state index in [2.05, 4.69) is 24.1 Å². The van der Waals surface area contributed by atoms with Gasteiger partial charge in [0.05, 0.1) is 17.8 Å². The third-order valence-electron chi connectivity index (χ3n) is 4.84. The second kappa shape index (κ2) is 9.28. The summed E-state index contributed by atoms with van der Waals surface area (Å²) in [6.07, 6.45) is 1.51. The van der Waals surface area contributed by atoms with E-state index < -0.39 is 11.8 Å². The number of amides is 2. The van der Waals surface area contributed by atoms with E-state index in [-0.39, 0.29) is 10.7 Å². The number of carbonyl (C=O) groups excluding carboxylic acids is 2. The van der Waals surface area contributed by atoms with Crippen LogP contribution in [-0.4, -0.2) is 37.1 Å². The monoisotopic (exact) mass is 443 g/mol. The van der Waals surface area contributed by atoms with Gasteiger partial charge in [-0.25, -0.2) is 0 Å². The molecule has 1 saturated heterocycles. The van der Waals surface area contributed by atoms with Crippen LogP contribution >= 0.6 is 23.8 Å². The average Bonchev–Trinajstić information content (AvgIpc) is 2.73. The van der Waals surface area contributed by atoms with Gasteiger partial charge < -0.3 is 9.64 Å². The van der Waals surface area contributed by atoms with Crippen LogP contribution in [0.15, 0.2) is 48.0 Å². The van der Waals surface area contributed by atoms with Crippen molar-refractivity contribution in [1.82, 2.24) is 5.32 Å². The number of anilines is 2. The second-order valence-electron chi connectivity index (χ2n) is 6.51. The summed E-state index contributed by atoms with van der Waals surface area (Å²) in [5.74, 6) is -0.556. The van der Waals surface area contributed by atoms with E-state index in [9.17, 15) is 9.59 Å². The highest BCUT2D eigenvalue weighted by atomic mass is 35.5. The second-order valence-corrected chi connectivity index (χ2v) is 7.30. The molecule has 0 unspecified atom stereocenters. The van der Waals surface area contributed by atoms with Gasteiger partial charge in [-0.1, -0.05) is 23.7 Å². The summed E-state index contributed by atoms with van der Waals surface area (Å²) < 4.78 is 5.51. The Morgan fingerprint density at radius 1 is 1.17 bits per heavy atom. The lowest BCUT2D eigenvalue weighted by atomic mass is 10.1. The Labute approximate surface area is 186 Å². The molecule has 2 amide bonds. The SMILES string of the molecule is CCN(CC)c1ccc(/C=C2\C(=O)NC(=S)N(c3ccccc3Cl)C2=O)c(OC)c1. The normalized spacial score (nSPS) is 15.4. The Morgan fingerprint density at radius 2 is 1.87 bits per heavy atom. The van der Waals surface area contributed by atoms with Crippen molar-refractivity contribution in [3.63, 3.8) is 0 Å². The standard InChI is InChI=1S/C22H22ClN3O3S/c1-4-25(5-2)15-11-10-14(19(13-15)29-3)12-16-20(27)24-22(30)26(21(16)28)18-9-7-6-8-17(18)23/h6-13H,4-5H2,1-3H3,(H,24,27,30)/b16-12+. The minimum Gasteiger partial charge on any atom is -0.496 e. The molecule has 8 heteroatoms. The van der Waals surface area contributed by atoms with E-state index in [1.807, 2.05) is 18.2 Å². The van der Waals surface area contributed by atoms with E-state index in [0.717, 1.165) is 18.8 Å². The predicted octanol–water partition coefficient (Wildman–Crippen LogP) is 4.03. The molecule has 0 aliphatic carbocycles. The number of hydrogen-bond donors (Lipinski definition) is 1. The lowest BCUT2D eigenvalue weighted by molar-refractivity contribution is -0.122. The maximum Gasteiger partial charge on any atom is 0.270 e. The zero-order valence-electron chi connectivity index (χ0n) is 16.9.